The highest BCUT2D eigenvalue weighted by Crippen LogP contribution is 2.27. The third kappa shape index (κ3) is 5.01. The maximum atomic E-state index is 5.85. The molecule has 0 spiro atoms. The molecule has 0 aliphatic heterocycles. The molecule has 0 saturated heterocycles. The van der Waals surface area contributed by atoms with Crippen LogP contribution in [0, 0.1) is 0 Å². The normalized spacial score (nSPS) is 9.74. The Morgan fingerprint density at radius 2 is 1.48 bits per heavy atom. The maximum absolute atomic E-state index is 5.85. The smallest absolute Gasteiger partial charge is 0.0897 e. The van der Waals surface area contributed by atoms with Crippen LogP contribution >= 0.6 is 23.4 Å². The van der Waals surface area contributed by atoms with Gasteiger partial charge in [0.1, 0.15) is 0 Å². The Labute approximate surface area is 146 Å². The highest BCUT2D eigenvalue weighted by atomic mass is 35.5. The topological polar surface area (TPSA) is 77.8 Å². The van der Waals surface area contributed by atoms with Crippen molar-refractivity contribution in [3.8, 4) is 0 Å². The zero-order valence-corrected chi connectivity index (χ0v) is 15.1. The van der Waals surface area contributed by atoms with Gasteiger partial charge < -0.3 is 11.5 Å². The molecule has 6 heteroatoms. The van der Waals surface area contributed by atoms with E-state index in [0.29, 0.717) is 16.4 Å². The fraction of sp³-hybridized carbons (Fsp3) is 0.176. The highest BCUT2D eigenvalue weighted by molar-refractivity contribution is 7.98. The van der Waals surface area contributed by atoms with Crippen molar-refractivity contribution in [1.29, 1.82) is 0 Å². The number of nitrogens with zero attached hydrogens (tertiary/aromatic N) is 2. The van der Waals surface area contributed by atoms with Crippen molar-refractivity contribution in [2.45, 2.75) is 18.7 Å². The van der Waals surface area contributed by atoms with Crippen LogP contribution in [-0.4, -0.2) is 16.2 Å². The first-order valence-corrected chi connectivity index (χ1v) is 8.40. The van der Waals surface area contributed by atoms with Gasteiger partial charge in [-0.3, -0.25) is 9.97 Å². The minimum Gasteiger partial charge on any atom is -0.396 e. The van der Waals surface area contributed by atoms with E-state index in [2.05, 4.69) is 23.1 Å². The van der Waals surface area contributed by atoms with Crippen molar-refractivity contribution >= 4 is 45.9 Å². The summed E-state index contributed by atoms with van der Waals surface area (Å²) in [6.07, 6.45) is 5.36. The quantitative estimate of drug-likeness (QED) is 0.781. The lowest BCUT2D eigenvalue weighted by molar-refractivity contribution is 1.22. The van der Waals surface area contributed by atoms with Gasteiger partial charge in [-0.1, -0.05) is 24.8 Å². The van der Waals surface area contributed by atoms with Crippen molar-refractivity contribution < 1.29 is 0 Å². The average molecular weight is 349 g/mol. The number of hydrogen-bond donors (Lipinski definition) is 2. The van der Waals surface area contributed by atoms with Gasteiger partial charge in [0, 0.05) is 17.3 Å². The molecule has 0 aromatic carbocycles. The second-order valence-electron chi connectivity index (χ2n) is 4.89. The van der Waals surface area contributed by atoms with Crippen LogP contribution in [-0.2, 0) is 0 Å². The summed E-state index contributed by atoms with van der Waals surface area (Å²) in [5, 5.41) is 0.526. The number of aromatic nitrogens is 2. The Morgan fingerprint density at radius 1 is 1.00 bits per heavy atom. The minimum absolute atomic E-state index is 0.502. The van der Waals surface area contributed by atoms with E-state index < -0.39 is 0 Å². The number of hydrogen-bond acceptors (Lipinski definition) is 5. The summed E-state index contributed by atoms with van der Waals surface area (Å²) in [7, 11) is 0. The van der Waals surface area contributed by atoms with E-state index in [-0.39, 0.29) is 0 Å². The maximum Gasteiger partial charge on any atom is 0.0897 e. The van der Waals surface area contributed by atoms with Crippen LogP contribution in [0.5, 0.6) is 0 Å². The summed E-state index contributed by atoms with van der Waals surface area (Å²) in [4.78, 5) is 9.24. The molecule has 0 atom stereocenters. The van der Waals surface area contributed by atoms with Gasteiger partial charge in [0.05, 0.1) is 27.8 Å². The number of nitrogens with two attached hydrogens (primary N) is 2. The molecule has 2 aromatic heterocycles. The third-order valence-electron chi connectivity index (χ3n) is 2.92. The lowest BCUT2D eigenvalue weighted by atomic mass is 10.2. The van der Waals surface area contributed by atoms with Gasteiger partial charge in [-0.25, -0.2) is 0 Å². The van der Waals surface area contributed by atoms with E-state index in [1.54, 1.807) is 30.2 Å². The van der Waals surface area contributed by atoms with Gasteiger partial charge in [-0.05, 0) is 43.4 Å². The lowest BCUT2D eigenvalue weighted by Crippen LogP contribution is -1.96. The zero-order chi connectivity index (χ0) is 17.6. The first kappa shape index (κ1) is 19.1. The molecule has 2 heterocycles. The van der Waals surface area contributed by atoms with Gasteiger partial charge in [-0.2, -0.15) is 0 Å². The van der Waals surface area contributed by atoms with Crippen LogP contribution in [0.3, 0.4) is 0 Å². The summed E-state index contributed by atoms with van der Waals surface area (Å²) < 4.78 is 0. The van der Waals surface area contributed by atoms with Crippen molar-refractivity contribution in [1.82, 2.24) is 9.97 Å². The van der Waals surface area contributed by atoms with E-state index >= 15 is 0 Å². The van der Waals surface area contributed by atoms with E-state index in [9.17, 15) is 0 Å². The SMILES string of the molecule is C=C(C)c1nccc(Cl)c1N.C=C(C)c1nccc(SC)c1N. The Morgan fingerprint density at radius 3 is 1.91 bits per heavy atom. The minimum atomic E-state index is 0.502. The van der Waals surface area contributed by atoms with Gasteiger partial charge in [0.25, 0.3) is 0 Å². The van der Waals surface area contributed by atoms with Crippen molar-refractivity contribution in [2.24, 2.45) is 0 Å². The summed E-state index contributed by atoms with van der Waals surface area (Å²) in [5.41, 5.74) is 15.9. The predicted molar refractivity (Wildman–Crippen MR) is 104 cm³/mol. The molecule has 0 fully saturated rings. The number of anilines is 2. The van der Waals surface area contributed by atoms with E-state index in [1.807, 2.05) is 26.2 Å². The van der Waals surface area contributed by atoms with Crippen molar-refractivity contribution in [3.05, 3.63) is 54.1 Å². The number of thioether (sulfide) groups is 1. The molecule has 0 radical (unpaired) electrons. The van der Waals surface area contributed by atoms with Gasteiger partial charge in [-0.15, -0.1) is 11.8 Å². The Bertz CT molecular complexity index is 729. The molecule has 0 unspecified atom stereocenters. The van der Waals surface area contributed by atoms with Gasteiger partial charge in [0.15, 0.2) is 0 Å². The van der Waals surface area contributed by atoms with Crippen LogP contribution in [0.15, 0.2) is 42.6 Å². The molecule has 0 aliphatic rings. The van der Waals surface area contributed by atoms with Crippen LogP contribution in [0.1, 0.15) is 25.2 Å². The molecule has 122 valence electrons. The van der Waals surface area contributed by atoms with Gasteiger partial charge >= 0.3 is 0 Å². The Balaban J connectivity index is 0.000000231. The molecule has 2 aromatic rings. The molecule has 0 bridgehead atoms. The zero-order valence-electron chi connectivity index (χ0n) is 13.6. The van der Waals surface area contributed by atoms with Crippen LogP contribution in [0.4, 0.5) is 11.4 Å². The fourth-order valence-corrected chi connectivity index (χ4v) is 2.42. The van der Waals surface area contributed by atoms with Crippen LogP contribution in [0.2, 0.25) is 5.02 Å². The van der Waals surface area contributed by atoms with Gasteiger partial charge in [0.2, 0.25) is 0 Å². The summed E-state index contributed by atoms with van der Waals surface area (Å²) in [6.45, 7) is 11.3. The molecule has 0 aliphatic carbocycles. The highest BCUT2D eigenvalue weighted by Gasteiger charge is 2.05. The molecular formula is C17H21ClN4S. The summed E-state index contributed by atoms with van der Waals surface area (Å²) >= 11 is 7.37. The Kier molecular flexibility index (Phi) is 7.13. The standard InChI is InChI=1S/C9H12N2S.C8H9ClN2/c1-6(2)9-8(10)7(12-3)4-5-11-9;1-5(2)8-7(10)6(9)3-4-11-8/h4-5H,1,10H2,2-3H3;3-4H,1,10H2,2H3. The first-order chi connectivity index (χ1) is 10.8. The number of rotatable bonds is 3. The monoisotopic (exact) mass is 348 g/mol. The molecule has 0 amide bonds. The molecule has 23 heavy (non-hydrogen) atoms. The Hall–Kier alpha value is -1.98. The second kappa shape index (κ2) is 8.60. The van der Waals surface area contributed by atoms with E-state index in [4.69, 9.17) is 23.1 Å². The van der Waals surface area contributed by atoms with Crippen LogP contribution < -0.4 is 11.5 Å². The first-order valence-electron chi connectivity index (χ1n) is 6.79. The lowest BCUT2D eigenvalue weighted by Gasteiger charge is -2.06. The van der Waals surface area contributed by atoms with E-state index in [0.717, 1.165) is 27.4 Å². The third-order valence-corrected chi connectivity index (χ3v) is 4.04. The number of pyridine rings is 2. The average Bonchev–Trinajstić information content (AvgIpc) is 2.50. The summed E-state index contributed by atoms with van der Waals surface area (Å²) in [6, 6.07) is 3.57. The number of halogens is 1. The van der Waals surface area contributed by atoms with E-state index in [1.165, 1.54) is 0 Å². The molecule has 0 saturated carbocycles. The van der Waals surface area contributed by atoms with Crippen LogP contribution in [0.25, 0.3) is 11.1 Å². The molecule has 4 N–H and O–H groups in total. The second-order valence-corrected chi connectivity index (χ2v) is 6.15. The fourth-order valence-electron chi connectivity index (χ4n) is 1.76. The molecular weight excluding hydrogens is 328 g/mol. The van der Waals surface area contributed by atoms with Crippen molar-refractivity contribution in [2.75, 3.05) is 17.7 Å². The summed E-state index contributed by atoms with van der Waals surface area (Å²) in [5.74, 6) is 0. The number of nitrogen functional groups attached to an aromatic ring is 2. The predicted octanol–water partition coefficient (Wildman–Crippen LogP) is 4.77. The number of allylic oxidation sites excluding steroid dienone is 2. The molecule has 4 nitrogen and oxygen atoms in total. The largest absolute Gasteiger partial charge is 0.396 e. The molecule has 2 rings (SSSR count). The van der Waals surface area contributed by atoms with Crippen molar-refractivity contribution in [3.63, 3.8) is 0 Å².